The molecule has 0 saturated heterocycles. The Morgan fingerprint density at radius 2 is 1.53 bits per heavy atom. The van der Waals surface area contributed by atoms with Gasteiger partial charge < -0.3 is 16.0 Å². The van der Waals surface area contributed by atoms with Gasteiger partial charge in [0.2, 0.25) is 5.91 Å². The molecule has 0 spiro atoms. The molecule has 0 atom stereocenters. The Kier molecular flexibility index (Phi) is 5.53. The summed E-state index contributed by atoms with van der Waals surface area (Å²) in [6.45, 7) is 3.81. The van der Waals surface area contributed by atoms with Gasteiger partial charge in [0.05, 0.1) is 0 Å². The Morgan fingerprint density at radius 3 is 2.11 bits per heavy atom. The maximum atomic E-state index is 11.5. The number of anilines is 1. The van der Waals surface area contributed by atoms with Gasteiger partial charge in [0.15, 0.2) is 0 Å². The second-order valence-corrected chi connectivity index (χ2v) is 4.06. The maximum absolute atomic E-state index is 11.5. The Labute approximate surface area is 111 Å². The van der Waals surface area contributed by atoms with E-state index in [4.69, 9.17) is 0 Å². The lowest BCUT2D eigenvalue weighted by Crippen LogP contribution is -2.39. The molecule has 1 aromatic rings. The molecule has 0 aliphatic heterocycles. The minimum Gasteiger partial charge on any atom is -0.355 e. The monoisotopic (exact) mass is 263 g/mol. The fourth-order valence-electron chi connectivity index (χ4n) is 1.32. The molecule has 6 nitrogen and oxygen atoms in total. The molecule has 0 radical (unpaired) electrons. The normalized spacial score (nSPS) is 9.58. The smallest absolute Gasteiger partial charge is 0.313 e. The highest BCUT2D eigenvalue weighted by Crippen LogP contribution is 2.07. The molecule has 0 unspecified atom stereocenters. The van der Waals surface area contributed by atoms with Crippen LogP contribution in [0, 0.1) is 6.92 Å². The van der Waals surface area contributed by atoms with Gasteiger partial charge in [-0.2, -0.15) is 0 Å². The highest BCUT2D eigenvalue weighted by molar-refractivity contribution is 6.39. The van der Waals surface area contributed by atoms with E-state index in [1.54, 1.807) is 12.1 Å². The number of carbonyl (C=O) groups is 3. The third-order valence-corrected chi connectivity index (χ3v) is 2.30. The van der Waals surface area contributed by atoms with Gasteiger partial charge in [-0.15, -0.1) is 0 Å². The zero-order valence-electron chi connectivity index (χ0n) is 10.9. The molecule has 3 amide bonds. The Hall–Kier alpha value is -2.37. The van der Waals surface area contributed by atoms with E-state index in [9.17, 15) is 14.4 Å². The van der Waals surface area contributed by atoms with Crippen LogP contribution in [0.4, 0.5) is 5.69 Å². The number of amides is 3. The molecular weight excluding hydrogens is 246 g/mol. The summed E-state index contributed by atoms with van der Waals surface area (Å²) in [7, 11) is 0. The summed E-state index contributed by atoms with van der Waals surface area (Å²) in [6.07, 6.45) is 0. The average molecular weight is 263 g/mol. The zero-order chi connectivity index (χ0) is 14.3. The Balaban J connectivity index is 2.34. The zero-order valence-corrected chi connectivity index (χ0v) is 10.9. The summed E-state index contributed by atoms with van der Waals surface area (Å²) < 4.78 is 0. The number of benzene rings is 1. The predicted octanol–water partition coefficient (Wildman–Crippen LogP) is 0.186. The van der Waals surface area contributed by atoms with Crippen LogP contribution in [-0.2, 0) is 14.4 Å². The van der Waals surface area contributed by atoms with E-state index in [-0.39, 0.29) is 12.5 Å². The van der Waals surface area contributed by atoms with E-state index in [1.807, 2.05) is 19.1 Å². The van der Waals surface area contributed by atoms with Crippen molar-refractivity contribution >= 4 is 23.4 Å². The molecule has 102 valence electrons. The van der Waals surface area contributed by atoms with Gasteiger partial charge >= 0.3 is 11.8 Å². The van der Waals surface area contributed by atoms with Gasteiger partial charge in [-0.25, -0.2) is 0 Å². The molecule has 6 heteroatoms. The first-order valence-corrected chi connectivity index (χ1v) is 5.89. The van der Waals surface area contributed by atoms with Crippen molar-refractivity contribution in [3.8, 4) is 0 Å². The van der Waals surface area contributed by atoms with Gasteiger partial charge in [0.1, 0.15) is 0 Å². The van der Waals surface area contributed by atoms with Crippen LogP contribution in [-0.4, -0.2) is 30.8 Å². The van der Waals surface area contributed by atoms with Crippen LogP contribution >= 0.6 is 0 Å². The summed E-state index contributed by atoms with van der Waals surface area (Å²) in [5.74, 6) is -1.64. The summed E-state index contributed by atoms with van der Waals surface area (Å²) in [4.78, 5) is 33.5. The third kappa shape index (κ3) is 5.67. The van der Waals surface area contributed by atoms with E-state index in [0.29, 0.717) is 12.2 Å². The van der Waals surface area contributed by atoms with Gasteiger partial charge in [-0.3, -0.25) is 14.4 Å². The van der Waals surface area contributed by atoms with Crippen LogP contribution in [0.5, 0.6) is 0 Å². The molecule has 0 aromatic heterocycles. The summed E-state index contributed by atoms with van der Waals surface area (Å²) >= 11 is 0. The van der Waals surface area contributed by atoms with Crippen molar-refractivity contribution in [1.82, 2.24) is 10.6 Å². The first-order chi connectivity index (χ1) is 8.99. The number of aryl methyl sites for hydroxylation is 1. The van der Waals surface area contributed by atoms with Crippen molar-refractivity contribution in [2.75, 3.05) is 18.4 Å². The quantitative estimate of drug-likeness (QED) is 0.535. The molecule has 1 aromatic carbocycles. The van der Waals surface area contributed by atoms with Crippen molar-refractivity contribution in [3.63, 3.8) is 0 Å². The van der Waals surface area contributed by atoms with E-state index in [0.717, 1.165) is 5.56 Å². The van der Waals surface area contributed by atoms with Crippen molar-refractivity contribution in [1.29, 1.82) is 0 Å². The lowest BCUT2D eigenvalue weighted by atomic mass is 10.2. The number of nitrogens with one attached hydrogen (secondary N) is 3. The first kappa shape index (κ1) is 14.7. The standard InChI is InChI=1S/C13H17N3O3/c1-9-3-5-11(6-4-9)16-13(19)12(18)15-8-7-14-10(2)17/h3-6H,7-8H2,1-2H3,(H,14,17)(H,15,18)(H,16,19). The van der Waals surface area contributed by atoms with Crippen LogP contribution in [0.1, 0.15) is 12.5 Å². The molecule has 0 heterocycles. The highest BCUT2D eigenvalue weighted by atomic mass is 16.2. The fraction of sp³-hybridized carbons (Fsp3) is 0.308. The van der Waals surface area contributed by atoms with Gasteiger partial charge in [0, 0.05) is 25.7 Å². The van der Waals surface area contributed by atoms with E-state index < -0.39 is 11.8 Å². The van der Waals surface area contributed by atoms with Crippen LogP contribution in [0.15, 0.2) is 24.3 Å². The molecular formula is C13H17N3O3. The number of hydrogen-bond donors (Lipinski definition) is 3. The highest BCUT2D eigenvalue weighted by Gasteiger charge is 2.12. The largest absolute Gasteiger partial charge is 0.355 e. The molecule has 0 bridgehead atoms. The van der Waals surface area contributed by atoms with E-state index in [1.165, 1.54) is 6.92 Å². The Bertz CT molecular complexity index is 469. The molecule has 1 rings (SSSR count). The summed E-state index contributed by atoms with van der Waals surface area (Å²) in [6, 6.07) is 7.12. The minimum absolute atomic E-state index is 0.182. The molecule has 19 heavy (non-hydrogen) atoms. The summed E-state index contributed by atoms with van der Waals surface area (Å²) in [5, 5.41) is 7.39. The van der Waals surface area contributed by atoms with Crippen LogP contribution in [0.2, 0.25) is 0 Å². The second-order valence-electron chi connectivity index (χ2n) is 4.06. The minimum atomic E-state index is -0.731. The SMILES string of the molecule is CC(=O)NCCNC(=O)C(=O)Nc1ccc(C)cc1. The van der Waals surface area contributed by atoms with Gasteiger partial charge in [-0.1, -0.05) is 17.7 Å². The topological polar surface area (TPSA) is 87.3 Å². The van der Waals surface area contributed by atoms with Crippen molar-refractivity contribution in [3.05, 3.63) is 29.8 Å². The van der Waals surface area contributed by atoms with Crippen LogP contribution < -0.4 is 16.0 Å². The third-order valence-electron chi connectivity index (χ3n) is 2.30. The molecule has 3 N–H and O–H groups in total. The van der Waals surface area contributed by atoms with Gasteiger partial charge in [0.25, 0.3) is 0 Å². The van der Waals surface area contributed by atoms with Crippen molar-refractivity contribution in [2.24, 2.45) is 0 Å². The van der Waals surface area contributed by atoms with Crippen LogP contribution in [0.25, 0.3) is 0 Å². The predicted molar refractivity (Wildman–Crippen MR) is 71.5 cm³/mol. The number of rotatable bonds is 4. The lowest BCUT2D eigenvalue weighted by Gasteiger charge is -2.07. The van der Waals surface area contributed by atoms with Crippen molar-refractivity contribution < 1.29 is 14.4 Å². The molecule has 0 aliphatic rings. The van der Waals surface area contributed by atoms with E-state index >= 15 is 0 Å². The fourth-order valence-corrected chi connectivity index (χ4v) is 1.32. The van der Waals surface area contributed by atoms with Gasteiger partial charge in [-0.05, 0) is 19.1 Å². The number of carbonyl (C=O) groups excluding carboxylic acids is 3. The van der Waals surface area contributed by atoms with Crippen LogP contribution in [0.3, 0.4) is 0 Å². The average Bonchev–Trinajstić information content (AvgIpc) is 2.36. The second kappa shape index (κ2) is 7.15. The lowest BCUT2D eigenvalue weighted by molar-refractivity contribution is -0.136. The first-order valence-electron chi connectivity index (χ1n) is 5.89. The molecule has 0 saturated carbocycles. The van der Waals surface area contributed by atoms with E-state index in [2.05, 4.69) is 16.0 Å². The number of hydrogen-bond acceptors (Lipinski definition) is 3. The van der Waals surface area contributed by atoms with Crippen molar-refractivity contribution in [2.45, 2.75) is 13.8 Å². The summed E-state index contributed by atoms with van der Waals surface area (Å²) in [5.41, 5.74) is 1.63. The molecule has 0 fully saturated rings. The Morgan fingerprint density at radius 1 is 0.947 bits per heavy atom. The maximum Gasteiger partial charge on any atom is 0.313 e. The molecule has 0 aliphatic carbocycles.